The summed E-state index contributed by atoms with van der Waals surface area (Å²) in [5.41, 5.74) is 5.88. The molecule has 0 fully saturated rings. The second kappa shape index (κ2) is 3.37. The predicted molar refractivity (Wildman–Crippen MR) is 41.0 cm³/mol. The van der Waals surface area contributed by atoms with Crippen molar-refractivity contribution >= 4 is 0 Å². The van der Waals surface area contributed by atoms with Gasteiger partial charge < -0.3 is 5.73 Å². The van der Waals surface area contributed by atoms with Gasteiger partial charge in [-0.25, -0.2) is 0 Å². The third kappa shape index (κ3) is 2.00. The van der Waals surface area contributed by atoms with Crippen LogP contribution in [0.1, 0.15) is 11.3 Å². The van der Waals surface area contributed by atoms with E-state index in [9.17, 15) is 13.2 Å². The minimum atomic E-state index is -4.43. The van der Waals surface area contributed by atoms with Crippen molar-refractivity contribution in [3.8, 4) is 0 Å². The average molecular weight is 193 g/mol. The lowest BCUT2D eigenvalue weighted by atomic mass is 10.2. The van der Waals surface area contributed by atoms with Crippen LogP contribution in [0.3, 0.4) is 0 Å². The van der Waals surface area contributed by atoms with Gasteiger partial charge >= 0.3 is 6.30 Å². The highest BCUT2D eigenvalue weighted by molar-refractivity contribution is 5.16. The van der Waals surface area contributed by atoms with E-state index in [1.54, 1.807) is 0 Å². The zero-order chi connectivity index (χ0) is 10.1. The third-order valence-corrected chi connectivity index (χ3v) is 1.77. The van der Waals surface area contributed by atoms with E-state index >= 15 is 0 Å². The highest BCUT2D eigenvalue weighted by Crippen LogP contribution is 2.24. The summed E-state index contributed by atoms with van der Waals surface area (Å²) in [5, 5.41) is 3.24. The van der Waals surface area contributed by atoms with E-state index in [-0.39, 0.29) is 10.4 Å². The molecule has 0 aliphatic rings. The first-order valence-corrected chi connectivity index (χ1v) is 3.77. The van der Waals surface area contributed by atoms with Crippen molar-refractivity contribution in [2.75, 3.05) is 6.54 Å². The molecule has 0 atom stereocenters. The second-order valence-corrected chi connectivity index (χ2v) is 2.67. The normalized spacial score (nSPS) is 12.1. The van der Waals surface area contributed by atoms with E-state index in [1.165, 1.54) is 13.1 Å². The van der Waals surface area contributed by atoms with Crippen LogP contribution in [0.2, 0.25) is 0 Å². The van der Waals surface area contributed by atoms with Gasteiger partial charge in [0.25, 0.3) is 0 Å². The Morgan fingerprint density at radius 3 is 2.54 bits per heavy atom. The van der Waals surface area contributed by atoms with Gasteiger partial charge in [0.1, 0.15) is 0 Å². The summed E-state index contributed by atoms with van der Waals surface area (Å²) in [7, 11) is 0. The summed E-state index contributed by atoms with van der Waals surface area (Å²) in [4.78, 5) is 0. The lowest BCUT2D eigenvalue weighted by Gasteiger charge is -2.08. The van der Waals surface area contributed by atoms with Crippen LogP contribution in [0, 0.1) is 6.92 Å². The number of hydrogen-bond donors (Lipinski definition) is 1. The first-order valence-electron chi connectivity index (χ1n) is 3.77. The number of hydrogen-bond acceptors (Lipinski definition) is 2. The van der Waals surface area contributed by atoms with Crippen molar-refractivity contribution in [1.82, 2.24) is 9.78 Å². The molecular formula is C7H10F3N3. The van der Waals surface area contributed by atoms with E-state index < -0.39 is 6.30 Å². The van der Waals surface area contributed by atoms with Crippen LogP contribution in [0.15, 0.2) is 6.20 Å². The van der Waals surface area contributed by atoms with Gasteiger partial charge in [0.05, 0.1) is 6.20 Å². The quantitative estimate of drug-likeness (QED) is 0.766. The maximum atomic E-state index is 12.2. The molecule has 0 saturated heterocycles. The van der Waals surface area contributed by atoms with E-state index in [0.717, 1.165) is 0 Å². The largest absolute Gasteiger partial charge is 0.504 e. The molecule has 0 radical (unpaired) electrons. The highest BCUT2D eigenvalue weighted by Gasteiger charge is 2.33. The van der Waals surface area contributed by atoms with Crippen LogP contribution in [0.25, 0.3) is 0 Å². The Bertz CT molecular complexity index is 290. The minimum absolute atomic E-state index is 0.0536. The number of rotatable bonds is 2. The maximum absolute atomic E-state index is 12.2. The number of aromatic nitrogens is 2. The van der Waals surface area contributed by atoms with Crippen molar-refractivity contribution in [3.63, 3.8) is 0 Å². The molecule has 3 nitrogen and oxygen atoms in total. The van der Waals surface area contributed by atoms with Gasteiger partial charge in [-0.3, -0.25) is 0 Å². The number of alkyl halides is 3. The van der Waals surface area contributed by atoms with Crippen LogP contribution < -0.4 is 5.73 Å². The molecule has 1 rings (SSSR count). The van der Waals surface area contributed by atoms with Crippen LogP contribution in [-0.2, 0) is 12.7 Å². The van der Waals surface area contributed by atoms with Crippen LogP contribution in [0.4, 0.5) is 13.2 Å². The molecule has 0 amide bonds. The molecule has 1 aromatic rings. The Labute approximate surface area is 73.3 Å². The van der Waals surface area contributed by atoms with Gasteiger partial charge in [-0.15, -0.1) is 13.2 Å². The summed E-state index contributed by atoms with van der Waals surface area (Å²) in [6.07, 6.45) is -2.81. The number of halogens is 3. The maximum Gasteiger partial charge on any atom is 0.504 e. The topological polar surface area (TPSA) is 43.8 Å². The van der Waals surface area contributed by atoms with Crippen LogP contribution >= 0.6 is 0 Å². The molecule has 0 spiro atoms. The first-order chi connectivity index (χ1) is 5.96. The van der Waals surface area contributed by atoms with Crippen molar-refractivity contribution in [1.29, 1.82) is 0 Å². The lowest BCUT2D eigenvalue weighted by Crippen LogP contribution is -2.19. The van der Waals surface area contributed by atoms with Gasteiger partial charge in [0, 0.05) is 5.69 Å². The number of nitrogens with zero attached hydrogens (tertiary/aromatic N) is 2. The molecular weight excluding hydrogens is 183 g/mol. The van der Waals surface area contributed by atoms with Gasteiger partial charge in [-0.2, -0.15) is 9.78 Å². The average Bonchev–Trinajstić information content (AvgIpc) is 2.32. The Morgan fingerprint density at radius 1 is 1.54 bits per heavy atom. The SMILES string of the molecule is Cc1c(CCN)cnn1C(F)(F)F. The molecule has 1 aromatic heterocycles. The molecule has 0 aliphatic carbocycles. The van der Waals surface area contributed by atoms with Crippen LogP contribution in [0.5, 0.6) is 0 Å². The fraction of sp³-hybridized carbons (Fsp3) is 0.571. The molecule has 2 N–H and O–H groups in total. The fourth-order valence-corrected chi connectivity index (χ4v) is 1.10. The predicted octanol–water partition coefficient (Wildman–Crippen LogP) is 1.17. The molecule has 0 aliphatic heterocycles. The summed E-state index contributed by atoms with van der Waals surface area (Å²) < 4.78 is 36.6. The summed E-state index contributed by atoms with van der Waals surface area (Å²) in [5.74, 6) is 0. The van der Waals surface area contributed by atoms with Crippen molar-refractivity contribution in [2.45, 2.75) is 19.6 Å². The summed E-state index contributed by atoms with van der Waals surface area (Å²) in [6, 6.07) is 0. The molecule has 0 aromatic carbocycles. The van der Waals surface area contributed by atoms with Gasteiger partial charge in [-0.1, -0.05) is 0 Å². The van der Waals surface area contributed by atoms with E-state index in [1.807, 2.05) is 0 Å². The molecule has 0 saturated carbocycles. The summed E-state index contributed by atoms with van der Waals surface area (Å²) >= 11 is 0. The van der Waals surface area contributed by atoms with Crippen molar-refractivity contribution in [2.24, 2.45) is 5.73 Å². The Morgan fingerprint density at radius 2 is 2.15 bits per heavy atom. The minimum Gasteiger partial charge on any atom is -0.330 e. The monoisotopic (exact) mass is 193 g/mol. The zero-order valence-electron chi connectivity index (χ0n) is 7.10. The Balaban J connectivity index is 2.99. The zero-order valence-corrected chi connectivity index (χ0v) is 7.10. The molecule has 74 valence electrons. The standard InChI is InChI=1S/C7H10F3N3/c1-5-6(2-3-11)4-12-13(5)7(8,9)10/h4H,2-3,11H2,1H3. The van der Waals surface area contributed by atoms with Crippen LogP contribution in [-0.4, -0.2) is 16.3 Å². The van der Waals surface area contributed by atoms with Crippen molar-refractivity contribution < 1.29 is 13.2 Å². The Kier molecular flexibility index (Phi) is 2.60. The first kappa shape index (κ1) is 10.0. The van der Waals surface area contributed by atoms with E-state index in [0.29, 0.717) is 18.5 Å². The molecule has 0 unspecified atom stereocenters. The third-order valence-electron chi connectivity index (χ3n) is 1.77. The smallest absolute Gasteiger partial charge is 0.330 e. The van der Waals surface area contributed by atoms with Gasteiger partial charge in [0.15, 0.2) is 0 Å². The van der Waals surface area contributed by atoms with E-state index in [2.05, 4.69) is 5.10 Å². The molecule has 6 heteroatoms. The fourth-order valence-electron chi connectivity index (χ4n) is 1.10. The summed E-state index contributed by atoms with van der Waals surface area (Å²) in [6.45, 7) is 1.70. The number of nitrogens with two attached hydrogens (primary N) is 1. The highest BCUT2D eigenvalue weighted by atomic mass is 19.4. The molecule has 1 heterocycles. The van der Waals surface area contributed by atoms with Crippen molar-refractivity contribution in [3.05, 3.63) is 17.5 Å². The molecule has 0 bridgehead atoms. The second-order valence-electron chi connectivity index (χ2n) is 2.67. The molecule has 13 heavy (non-hydrogen) atoms. The lowest BCUT2D eigenvalue weighted by molar-refractivity contribution is -0.213. The van der Waals surface area contributed by atoms with E-state index in [4.69, 9.17) is 5.73 Å². The Hall–Kier alpha value is -1.04. The van der Waals surface area contributed by atoms with Gasteiger partial charge in [-0.05, 0) is 25.5 Å². The van der Waals surface area contributed by atoms with Gasteiger partial charge in [0.2, 0.25) is 0 Å².